The molecule has 0 spiro atoms. The number of benzene rings is 8. The third-order valence-corrected chi connectivity index (χ3v) is 12.7. The molecule has 0 radical (unpaired) electrons. The number of imidazole rings is 1. The minimum Gasteiger partial charge on any atom is -0.338 e. The van der Waals surface area contributed by atoms with E-state index in [1.54, 1.807) is 18.2 Å². The Kier molecular flexibility index (Phi) is 8.74. The first-order chi connectivity index (χ1) is 31.8. The van der Waals surface area contributed by atoms with Crippen LogP contribution >= 0.6 is 0 Å². The number of aromatic nitrogens is 2. The molecule has 0 bridgehead atoms. The summed E-state index contributed by atoms with van der Waals surface area (Å²) in [5.74, 6) is 0.344. The zero-order valence-corrected chi connectivity index (χ0v) is 34.9. The van der Waals surface area contributed by atoms with Gasteiger partial charge in [0.1, 0.15) is 5.82 Å². The summed E-state index contributed by atoms with van der Waals surface area (Å²) in [5, 5.41) is 6.05. The van der Waals surface area contributed by atoms with E-state index in [1.807, 2.05) is 109 Å². The number of hydrogen-bond donors (Lipinski definition) is 3. The third kappa shape index (κ3) is 6.67. The van der Waals surface area contributed by atoms with Gasteiger partial charge < -0.3 is 15.6 Å². The van der Waals surface area contributed by atoms with Gasteiger partial charge in [-0.1, -0.05) is 91.5 Å². The van der Waals surface area contributed by atoms with Crippen molar-refractivity contribution >= 4 is 57.0 Å². The molecule has 1 aromatic heterocycles. The number of nitrogens with one attached hydrogen (secondary N) is 3. The fourth-order valence-corrected chi connectivity index (χ4v) is 9.37. The topological polar surface area (TPSA) is 116 Å². The number of anilines is 2. The minimum absolute atomic E-state index is 0.00918. The summed E-state index contributed by atoms with van der Waals surface area (Å²) in [4.78, 5) is 52.8. The molecule has 0 unspecified atom stereocenters. The van der Waals surface area contributed by atoms with Gasteiger partial charge in [-0.15, -0.1) is 0 Å². The molecule has 0 atom stereocenters. The number of aliphatic imine (C=N–C) groups is 1. The number of fused-ring (bicyclic) bond motifs is 8. The van der Waals surface area contributed by atoms with Gasteiger partial charge in [0.25, 0.3) is 11.8 Å². The van der Waals surface area contributed by atoms with Gasteiger partial charge in [-0.3, -0.25) is 19.4 Å². The Balaban J connectivity index is 0.690. The lowest BCUT2D eigenvalue weighted by atomic mass is 10.00. The monoisotopic (exact) mass is 839 g/mol. The van der Waals surface area contributed by atoms with Crippen LogP contribution < -0.4 is 10.6 Å². The van der Waals surface area contributed by atoms with E-state index in [1.165, 1.54) is 5.56 Å². The normalized spacial score (nSPS) is 12.9. The van der Waals surface area contributed by atoms with Gasteiger partial charge in [-0.05, 0) is 153 Å². The zero-order valence-electron chi connectivity index (χ0n) is 34.9. The average Bonchev–Trinajstić information content (AvgIpc) is 4.11. The van der Waals surface area contributed by atoms with Crippen molar-refractivity contribution < 1.29 is 14.4 Å². The van der Waals surface area contributed by atoms with Gasteiger partial charge in [-0.2, -0.15) is 0 Å². The Labute approximate surface area is 374 Å². The Morgan fingerprint density at radius 1 is 0.554 bits per heavy atom. The fourth-order valence-electron chi connectivity index (χ4n) is 9.37. The van der Waals surface area contributed by atoms with Crippen LogP contribution in [0.4, 0.5) is 17.1 Å². The molecule has 8 heteroatoms. The molecule has 3 N–H and O–H groups in total. The molecule has 1 aliphatic heterocycles. The summed E-state index contributed by atoms with van der Waals surface area (Å²) in [7, 11) is 0. The summed E-state index contributed by atoms with van der Waals surface area (Å²) in [6.45, 7) is 4.26. The summed E-state index contributed by atoms with van der Waals surface area (Å²) in [5.41, 5.74) is 19.9. The first-order valence-electron chi connectivity index (χ1n) is 21.5. The maximum atomic E-state index is 13.3. The summed E-state index contributed by atoms with van der Waals surface area (Å²) >= 11 is 0. The lowest BCUT2D eigenvalue weighted by Gasteiger charge is -2.08. The van der Waals surface area contributed by atoms with E-state index in [0.29, 0.717) is 33.6 Å². The summed E-state index contributed by atoms with van der Waals surface area (Å²) in [6, 6.07) is 55.0. The first kappa shape index (κ1) is 38.0. The van der Waals surface area contributed by atoms with Crippen LogP contribution in [0.5, 0.6) is 0 Å². The molecule has 2 aliphatic carbocycles. The van der Waals surface area contributed by atoms with Gasteiger partial charge in [-0.25, -0.2) is 4.98 Å². The van der Waals surface area contributed by atoms with Crippen molar-refractivity contribution in [2.75, 3.05) is 10.6 Å². The molecule has 8 aromatic carbocycles. The van der Waals surface area contributed by atoms with Gasteiger partial charge in [0, 0.05) is 45.6 Å². The molecule has 2 amide bonds. The lowest BCUT2D eigenvalue weighted by molar-refractivity contribution is 0.101. The molecule has 9 aromatic rings. The second kappa shape index (κ2) is 15.0. The maximum Gasteiger partial charge on any atom is 0.255 e. The van der Waals surface area contributed by atoms with Crippen LogP contribution in [0, 0.1) is 0 Å². The largest absolute Gasteiger partial charge is 0.338 e. The second-order valence-corrected chi connectivity index (χ2v) is 16.8. The van der Waals surface area contributed by atoms with Crippen molar-refractivity contribution in [3.63, 3.8) is 0 Å². The Morgan fingerprint density at radius 2 is 1.11 bits per heavy atom. The minimum atomic E-state index is -0.234. The molecule has 0 saturated carbocycles. The lowest BCUT2D eigenvalue weighted by Crippen LogP contribution is -2.12. The van der Waals surface area contributed by atoms with E-state index >= 15 is 0 Å². The molecule has 3 aliphatic rings. The van der Waals surface area contributed by atoms with Crippen LogP contribution in [-0.2, 0) is 12.8 Å². The number of rotatable bonds is 8. The van der Waals surface area contributed by atoms with Crippen LogP contribution in [0.3, 0.4) is 0 Å². The van der Waals surface area contributed by atoms with Crippen LogP contribution in [0.25, 0.3) is 50.2 Å². The van der Waals surface area contributed by atoms with E-state index in [-0.39, 0.29) is 17.6 Å². The number of hydrogen-bond acceptors (Lipinski definition) is 5. The number of H-pyrrole nitrogens is 1. The highest BCUT2D eigenvalue weighted by Gasteiger charge is 2.27. The number of amides is 2. The van der Waals surface area contributed by atoms with E-state index < -0.39 is 0 Å². The fraction of sp³-hybridized carbons (Fsp3) is 0.0351. The Morgan fingerprint density at radius 3 is 1.82 bits per heavy atom. The summed E-state index contributed by atoms with van der Waals surface area (Å²) < 4.78 is 0. The van der Waals surface area contributed by atoms with Crippen LogP contribution in [0.2, 0.25) is 0 Å². The van der Waals surface area contributed by atoms with Crippen LogP contribution in [0.1, 0.15) is 70.0 Å². The first-order valence-corrected chi connectivity index (χ1v) is 21.5. The van der Waals surface area contributed by atoms with Crippen molar-refractivity contribution in [2.24, 2.45) is 4.99 Å². The van der Waals surface area contributed by atoms with Crippen molar-refractivity contribution in [1.82, 2.24) is 9.97 Å². The van der Waals surface area contributed by atoms with Crippen molar-refractivity contribution in [3.05, 3.63) is 232 Å². The Bertz CT molecular complexity index is 3560. The Hall–Kier alpha value is -8.75. The van der Waals surface area contributed by atoms with Gasteiger partial charge in [0.05, 0.1) is 22.4 Å². The van der Waals surface area contributed by atoms with E-state index in [9.17, 15) is 14.4 Å². The number of nitrogens with zero attached hydrogens (tertiary/aromatic N) is 2. The molecule has 308 valence electrons. The van der Waals surface area contributed by atoms with Gasteiger partial charge >= 0.3 is 0 Å². The molecular weight excluding hydrogens is 803 g/mol. The number of aromatic amines is 1. The molecule has 65 heavy (non-hydrogen) atoms. The predicted octanol–water partition coefficient (Wildman–Crippen LogP) is 12.3. The maximum absolute atomic E-state index is 13.3. The van der Waals surface area contributed by atoms with Crippen LogP contribution in [0.15, 0.2) is 181 Å². The standard InChI is InChI=1S/C57H37N5O3/c1-32-42-6-2-3-7-44(42)48-29-38(17-23-43(32)48)56(64)59-41-21-15-36(16-22-41)55-61-50-25-11-34(28-53(50)62-55)26-33-10-12-37-31-52(60-51(37)27-33)35-13-19-40(20-14-35)58-57(65)39-18-24-47-49(30-39)45-8-4-5-9-46(45)54(47)63/h2-25,27-30H,1,26,31H2,(H,58,65)(H,59,64)(H,61,62). The quantitative estimate of drug-likeness (QED) is 0.141. The van der Waals surface area contributed by atoms with Crippen molar-refractivity contribution in [1.29, 1.82) is 0 Å². The average molecular weight is 840 g/mol. The molecular formula is C57H37N5O3. The van der Waals surface area contributed by atoms with Crippen molar-refractivity contribution in [3.8, 4) is 33.6 Å². The van der Waals surface area contributed by atoms with Crippen LogP contribution in [-0.4, -0.2) is 33.3 Å². The number of ketones is 1. The number of carbonyl (C=O) groups is 3. The number of carbonyl (C=O) groups excluding carboxylic acids is 3. The van der Waals surface area contributed by atoms with Crippen molar-refractivity contribution in [2.45, 2.75) is 12.8 Å². The third-order valence-electron chi connectivity index (χ3n) is 12.7. The smallest absolute Gasteiger partial charge is 0.255 e. The molecule has 8 nitrogen and oxygen atoms in total. The zero-order chi connectivity index (χ0) is 43.8. The van der Waals surface area contributed by atoms with Gasteiger partial charge in [0.2, 0.25) is 0 Å². The molecule has 12 rings (SSSR count). The molecule has 0 fully saturated rings. The van der Waals surface area contributed by atoms with E-state index in [4.69, 9.17) is 9.98 Å². The molecule has 0 saturated heterocycles. The van der Waals surface area contributed by atoms with E-state index in [0.717, 1.165) is 102 Å². The SMILES string of the molecule is C=C1c2ccccc2-c2cc(C(=O)Nc3ccc(-c4nc5ccc(Cc6ccc7c(c6)N=C(c6ccc(NC(=O)c8ccc9c(c8)-c8ccccc8C9=O)cc6)C7)cc5[nH]4)cc3)ccc21. The molecule has 2 heterocycles. The summed E-state index contributed by atoms with van der Waals surface area (Å²) in [6.07, 6.45) is 1.47. The van der Waals surface area contributed by atoms with E-state index in [2.05, 4.69) is 64.7 Å². The second-order valence-electron chi connectivity index (χ2n) is 16.8. The highest BCUT2D eigenvalue weighted by atomic mass is 16.2. The van der Waals surface area contributed by atoms with Gasteiger partial charge in [0.15, 0.2) is 5.78 Å². The highest BCUT2D eigenvalue weighted by Crippen LogP contribution is 2.44. The predicted molar refractivity (Wildman–Crippen MR) is 258 cm³/mol. The highest BCUT2D eigenvalue weighted by molar-refractivity contribution is 6.22.